The van der Waals surface area contributed by atoms with E-state index in [1.165, 1.54) is 11.3 Å². The van der Waals surface area contributed by atoms with Gasteiger partial charge in [0.2, 0.25) is 5.91 Å². The number of benzene rings is 1. The summed E-state index contributed by atoms with van der Waals surface area (Å²) in [5, 5.41) is 0. The Morgan fingerprint density at radius 3 is 2.52 bits per heavy atom. The van der Waals surface area contributed by atoms with Gasteiger partial charge in [0.15, 0.2) is 0 Å². The van der Waals surface area contributed by atoms with Crippen LogP contribution in [0, 0.1) is 6.92 Å². The van der Waals surface area contributed by atoms with Gasteiger partial charge < -0.3 is 9.80 Å². The number of carbonyl (C=O) groups excluding carboxylic acids is 2. The van der Waals surface area contributed by atoms with Crippen LogP contribution in [-0.2, 0) is 4.79 Å². The summed E-state index contributed by atoms with van der Waals surface area (Å²) in [6.07, 6.45) is 0. The van der Waals surface area contributed by atoms with Gasteiger partial charge in [-0.25, -0.2) is 0 Å². The molecule has 0 aliphatic carbocycles. The lowest BCUT2D eigenvalue weighted by molar-refractivity contribution is -0.121. The lowest BCUT2D eigenvalue weighted by Crippen LogP contribution is -2.57. The molecule has 2 amide bonds. The van der Waals surface area contributed by atoms with E-state index in [2.05, 4.69) is 0 Å². The van der Waals surface area contributed by atoms with Crippen LogP contribution >= 0.6 is 22.9 Å². The number of carbonyl (C=O) groups is 2. The van der Waals surface area contributed by atoms with E-state index in [1.807, 2.05) is 38.1 Å². The zero-order valence-corrected chi connectivity index (χ0v) is 14.5. The van der Waals surface area contributed by atoms with Crippen LogP contribution in [0.25, 0.3) is 0 Å². The predicted octanol–water partition coefficient (Wildman–Crippen LogP) is 3.59. The molecule has 6 heteroatoms. The van der Waals surface area contributed by atoms with Crippen molar-refractivity contribution < 1.29 is 9.59 Å². The Morgan fingerprint density at radius 1 is 1.22 bits per heavy atom. The molecule has 120 valence electrons. The number of halogens is 1. The predicted molar refractivity (Wildman–Crippen MR) is 93.4 cm³/mol. The van der Waals surface area contributed by atoms with Crippen molar-refractivity contribution in [2.45, 2.75) is 19.9 Å². The van der Waals surface area contributed by atoms with Crippen LogP contribution in [0.4, 0.5) is 5.69 Å². The number of aryl methyl sites for hydroxylation is 1. The molecule has 1 aromatic carbocycles. The number of anilines is 1. The van der Waals surface area contributed by atoms with Crippen LogP contribution in [0.5, 0.6) is 0 Å². The minimum Gasteiger partial charge on any atom is -0.324 e. The van der Waals surface area contributed by atoms with Crippen molar-refractivity contribution in [2.75, 3.05) is 18.0 Å². The normalized spacial score (nSPS) is 18.4. The molecule has 1 saturated heterocycles. The Balaban J connectivity index is 1.78. The molecule has 4 nitrogen and oxygen atoms in total. The monoisotopic (exact) mass is 348 g/mol. The molecule has 0 spiro atoms. The van der Waals surface area contributed by atoms with Crippen molar-refractivity contribution in [3.05, 3.63) is 51.2 Å². The zero-order chi connectivity index (χ0) is 16.6. The van der Waals surface area contributed by atoms with E-state index in [0.29, 0.717) is 15.8 Å². The Labute approximate surface area is 144 Å². The van der Waals surface area contributed by atoms with Gasteiger partial charge in [-0.2, -0.15) is 0 Å². The molecular formula is C17H17ClN2O2S. The van der Waals surface area contributed by atoms with E-state index < -0.39 is 0 Å². The number of thiophene rings is 1. The van der Waals surface area contributed by atoms with Crippen LogP contribution in [-0.4, -0.2) is 35.8 Å². The molecule has 0 bridgehead atoms. The Kier molecular flexibility index (Phi) is 4.41. The molecule has 23 heavy (non-hydrogen) atoms. The number of rotatable bonds is 2. The molecule has 2 aromatic rings. The molecule has 2 heterocycles. The molecule has 1 unspecified atom stereocenters. The average Bonchev–Trinajstić information content (AvgIpc) is 2.96. The van der Waals surface area contributed by atoms with Gasteiger partial charge in [0.1, 0.15) is 6.54 Å². The van der Waals surface area contributed by atoms with Gasteiger partial charge in [-0.3, -0.25) is 9.59 Å². The van der Waals surface area contributed by atoms with E-state index in [9.17, 15) is 9.59 Å². The fourth-order valence-corrected chi connectivity index (χ4v) is 3.67. The van der Waals surface area contributed by atoms with E-state index in [1.54, 1.807) is 21.9 Å². The van der Waals surface area contributed by atoms with Crippen LogP contribution in [0.2, 0.25) is 4.34 Å². The number of piperazine rings is 1. The molecule has 0 radical (unpaired) electrons. The molecule has 1 fully saturated rings. The van der Waals surface area contributed by atoms with Crippen molar-refractivity contribution in [2.24, 2.45) is 0 Å². The number of hydrogen-bond acceptors (Lipinski definition) is 3. The van der Waals surface area contributed by atoms with Gasteiger partial charge in [0, 0.05) is 18.3 Å². The van der Waals surface area contributed by atoms with Gasteiger partial charge in [0.25, 0.3) is 5.91 Å². The summed E-state index contributed by atoms with van der Waals surface area (Å²) in [5.41, 5.74) is 2.02. The van der Waals surface area contributed by atoms with E-state index >= 15 is 0 Å². The van der Waals surface area contributed by atoms with Crippen LogP contribution in [0.15, 0.2) is 36.4 Å². The number of nitrogens with zero attached hydrogens (tertiary/aromatic N) is 2. The highest BCUT2D eigenvalue weighted by molar-refractivity contribution is 7.17. The summed E-state index contributed by atoms with van der Waals surface area (Å²) in [6, 6.07) is 11.2. The quantitative estimate of drug-likeness (QED) is 0.832. The second-order valence-electron chi connectivity index (χ2n) is 5.73. The van der Waals surface area contributed by atoms with Gasteiger partial charge in [0.05, 0.1) is 9.21 Å². The summed E-state index contributed by atoms with van der Waals surface area (Å²) in [4.78, 5) is 29.0. The highest BCUT2D eigenvalue weighted by atomic mass is 35.5. The first-order chi connectivity index (χ1) is 11.0. The van der Waals surface area contributed by atoms with Crippen molar-refractivity contribution in [3.8, 4) is 0 Å². The molecule has 1 atom stereocenters. The standard InChI is InChI=1S/C17H17ClN2O2S/c1-11-3-5-13(6-4-11)20-9-12(2)19(10-16(20)21)17(22)14-7-8-15(18)23-14/h3-8,12H,9-10H2,1-2H3. The molecule has 3 rings (SSSR count). The molecule has 1 aromatic heterocycles. The third-order valence-corrected chi connectivity index (χ3v) is 5.20. The summed E-state index contributed by atoms with van der Waals surface area (Å²) in [6.45, 7) is 4.55. The minimum atomic E-state index is -0.133. The van der Waals surface area contributed by atoms with Crippen LogP contribution in [0.1, 0.15) is 22.2 Å². The van der Waals surface area contributed by atoms with Crippen molar-refractivity contribution >= 4 is 40.4 Å². The van der Waals surface area contributed by atoms with Crippen molar-refractivity contribution in [1.82, 2.24) is 4.90 Å². The van der Waals surface area contributed by atoms with E-state index in [0.717, 1.165) is 11.3 Å². The summed E-state index contributed by atoms with van der Waals surface area (Å²) < 4.78 is 0.575. The Morgan fingerprint density at radius 2 is 1.91 bits per heavy atom. The lowest BCUT2D eigenvalue weighted by atomic mass is 10.1. The average molecular weight is 349 g/mol. The maximum atomic E-state index is 12.6. The van der Waals surface area contributed by atoms with Crippen LogP contribution < -0.4 is 4.90 Å². The van der Waals surface area contributed by atoms with Crippen molar-refractivity contribution in [1.29, 1.82) is 0 Å². The summed E-state index contributed by atoms with van der Waals surface area (Å²) in [5.74, 6) is -0.200. The van der Waals surface area contributed by atoms with Gasteiger partial charge in [-0.05, 0) is 38.1 Å². The molecule has 0 saturated carbocycles. The number of amides is 2. The summed E-state index contributed by atoms with van der Waals surface area (Å²) >= 11 is 7.14. The van der Waals surface area contributed by atoms with E-state index in [-0.39, 0.29) is 24.4 Å². The van der Waals surface area contributed by atoms with Crippen LogP contribution in [0.3, 0.4) is 0 Å². The summed E-state index contributed by atoms with van der Waals surface area (Å²) in [7, 11) is 0. The third-order valence-electron chi connectivity index (χ3n) is 3.98. The highest BCUT2D eigenvalue weighted by Gasteiger charge is 2.34. The SMILES string of the molecule is Cc1ccc(N2CC(C)N(C(=O)c3ccc(Cl)s3)CC2=O)cc1. The Bertz CT molecular complexity index is 741. The molecular weight excluding hydrogens is 332 g/mol. The number of hydrogen-bond donors (Lipinski definition) is 0. The minimum absolute atomic E-state index is 0.0534. The molecule has 1 aliphatic heterocycles. The maximum absolute atomic E-state index is 12.6. The fourth-order valence-electron chi connectivity index (χ4n) is 2.67. The lowest BCUT2D eigenvalue weighted by Gasteiger charge is -2.39. The molecule has 1 aliphatic rings. The van der Waals surface area contributed by atoms with Crippen molar-refractivity contribution in [3.63, 3.8) is 0 Å². The molecule has 0 N–H and O–H groups in total. The first kappa shape index (κ1) is 16.0. The highest BCUT2D eigenvalue weighted by Crippen LogP contribution is 2.26. The maximum Gasteiger partial charge on any atom is 0.264 e. The second-order valence-corrected chi connectivity index (χ2v) is 7.44. The first-order valence-electron chi connectivity index (χ1n) is 7.39. The van der Waals surface area contributed by atoms with E-state index in [4.69, 9.17) is 11.6 Å². The van der Waals surface area contributed by atoms with Gasteiger partial charge in [-0.1, -0.05) is 29.3 Å². The fraction of sp³-hybridized carbons (Fsp3) is 0.294. The first-order valence-corrected chi connectivity index (χ1v) is 8.58. The largest absolute Gasteiger partial charge is 0.324 e. The zero-order valence-electron chi connectivity index (χ0n) is 13.0. The Hall–Kier alpha value is -1.85. The second kappa shape index (κ2) is 6.34. The topological polar surface area (TPSA) is 40.6 Å². The van der Waals surface area contributed by atoms with Gasteiger partial charge >= 0.3 is 0 Å². The van der Waals surface area contributed by atoms with Gasteiger partial charge in [-0.15, -0.1) is 11.3 Å². The smallest absolute Gasteiger partial charge is 0.264 e. The third kappa shape index (κ3) is 3.26.